The predicted octanol–water partition coefficient (Wildman–Crippen LogP) is 2.76. The van der Waals surface area contributed by atoms with Crippen LogP contribution in [0.3, 0.4) is 0 Å². The molecule has 5 rings (SSSR count). The first-order chi connectivity index (χ1) is 19.4. The summed E-state index contributed by atoms with van der Waals surface area (Å²) in [4.78, 5) is 46.4. The number of hydrogen-bond donors (Lipinski definition) is 1. The highest BCUT2D eigenvalue weighted by Crippen LogP contribution is 2.20. The Morgan fingerprint density at radius 1 is 0.900 bits per heavy atom. The number of benzene rings is 2. The van der Waals surface area contributed by atoms with E-state index in [0.717, 1.165) is 31.5 Å². The van der Waals surface area contributed by atoms with Crippen LogP contribution < -0.4 is 10.3 Å². The number of piperazine rings is 1. The second-order valence-corrected chi connectivity index (χ2v) is 10.6. The van der Waals surface area contributed by atoms with Crippen LogP contribution in [-0.2, 0) is 22.6 Å². The lowest BCUT2D eigenvalue weighted by Crippen LogP contribution is -2.51. The lowest BCUT2D eigenvalue weighted by Gasteiger charge is -2.35. The molecule has 2 aliphatic heterocycles. The molecule has 210 valence electrons. The molecule has 0 bridgehead atoms. The molecule has 2 aromatic carbocycles. The fourth-order valence-electron chi connectivity index (χ4n) is 4.95. The number of aromatic amines is 1. The zero-order chi connectivity index (χ0) is 27.9. The van der Waals surface area contributed by atoms with Gasteiger partial charge < -0.3 is 19.5 Å². The summed E-state index contributed by atoms with van der Waals surface area (Å²) in [6.07, 6.45) is 2.56. The highest BCUT2D eigenvalue weighted by atomic mass is 35.5. The molecule has 0 spiro atoms. The molecule has 2 saturated heterocycles. The Balaban J connectivity index is 1.08. The number of nitrogens with zero attached hydrogens (tertiary/aromatic N) is 5. The van der Waals surface area contributed by atoms with Gasteiger partial charge in [0.1, 0.15) is 18.1 Å². The van der Waals surface area contributed by atoms with Crippen molar-refractivity contribution in [2.45, 2.75) is 32.3 Å². The summed E-state index contributed by atoms with van der Waals surface area (Å²) < 4.78 is 5.81. The molecule has 1 N–H and O–H groups in total. The van der Waals surface area contributed by atoms with E-state index >= 15 is 0 Å². The highest BCUT2D eigenvalue weighted by molar-refractivity contribution is 6.30. The van der Waals surface area contributed by atoms with E-state index in [1.807, 2.05) is 29.2 Å². The first-order valence-corrected chi connectivity index (χ1v) is 14.0. The monoisotopic (exact) mass is 564 g/mol. The van der Waals surface area contributed by atoms with E-state index in [1.54, 1.807) is 29.2 Å². The summed E-state index contributed by atoms with van der Waals surface area (Å²) in [5.74, 6) is 1.18. The van der Waals surface area contributed by atoms with Crippen LogP contribution in [-0.4, -0.2) is 87.5 Å². The standard InChI is InChI=1S/C29H33ClN6O4/c30-23-5-3-4-21(18-23)20-40-24-8-6-22(7-9-24)28-31-29(39)25(32-33-28)10-11-26(37)36-16-14-34(15-17-36)19-27(38)35-12-1-2-13-35/h3-9,18H,1-2,10-17,19-20H2,(H,31,33,39). The molecule has 0 unspecified atom stereocenters. The molecule has 2 fully saturated rings. The SMILES string of the molecule is O=C(CCc1nnc(-c2ccc(OCc3cccc(Cl)c3)cc2)[nH]c1=O)N1CCN(CC(=O)N2CCCC2)CC1. The van der Waals surface area contributed by atoms with E-state index in [-0.39, 0.29) is 35.9 Å². The molecular formula is C29H33ClN6O4. The first-order valence-electron chi connectivity index (χ1n) is 13.7. The minimum Gasteiger partial charge on any atom is -0.489 e. The van der Waals surface area contributed by atoms with Gasteiger partial charge in [0.05, 0.1) is 6.54 Å². The molecule has 0 atom stereocenters. The number of halogens is 1. The van der Waals surface area contributed by atoms with Crippen LogP contribution >= 0.6 is 11.6 Å². The molecule has 3 heterocycles. The molecule has 3 aromatic rings. The second kappa shape index (κ2) is 13.1. The Morgan fingerprint density at radius 3 is 2.33 bits per heavy atom. The number of aromatic nitrogens is 3. The van der Waals surface area contributed by atoms with Gasteiger partial charge >= 0.3 is 0 Å². The van der Waals surface area contributed by atoms with Gasteiger partial charge in [-0.1, -0.05) is 23.7 Å². The van der Waals surface area contributed by atoms with E-state index in [9.17, 15) is 14.4 Å². The molecular weight excluding hydrogens is 532 g/mol. The molecule has 40 heavy (non-hydrogen) atoms. The number of hydrogen-bond acceptors (Lipinski definition) is 7. The van der Waals surface area contributed by atoms with Gasteiger partial charge in [-0.25, -0.2) is 0 Å². The largest absolute Gasteiger partial charge is 0.489 e. The Hall–Kier alpha value is -3.76. The Labute approximate surface area is 237 Å². The lowest BCUT2D eigenvalue weighted by atomic mass is 10.2. The number of likely N-dealkylation sites (tertiary alicyclic amines) is 1. The molecule has 0 saturated carbocycles. The second-order valence-electron chi connectivity index (χ2n) is 10.1. The van der Waals surface area contributed by atoms with Crippen molar-refractivity contribution in [3.63, 3.8) is 0 Å². The maximum absolute atomic E-state index is 12.8. The Kier molecular flexibility index (Phi) is 9.08. The van der Waals surface area contributed by atoms with Gasteiger partial charge in [0.15, 0.2) is 5.82 Å². The van der Waals surface area contributed by atoms with Gasteiger partial charge in [0.25, 0.3) is 5.56 Å². The quantitative estimate of drug-likeness (QED) is 0.425. The summed E-state index contributed by atoms with van der Waals surface area (Å²) in [5.41, 5.74) is 1.54. The summed E-state index contributed by atoms with van der Waals surface area (Å²) >= 11 is 6.02. The van der Waals surface area contributed by atoms with Crippen LogP contribution in [0.4, 0.5) is 0 Å². The molecule has 0 radical (unpaired) electrons. The number of ether oxygens (including phenoxy) is 1. The van der Waals surface area contributed by atoms with Gasteiger partial charge in [-0.15, -0.1) is 10.2 Å². The zero-order valence-corrected chi connectivity index (χ0v) is 23.1. The maximum Gasteiger partial charge on any atom is 0.273 e. The fourth-order valence-corrected chi connectivity index (χ4v) is 5.17. The average molecular weight is 565 g/mol. The van der Waals surface area contributed by atoms with Crippen molar-refractivity contribution < 1.29 is 14.3 Å². The highest BCUT2D eigenvalue weighted by Gasteiger charge is 2.25. The minimum absolute atomic E-state index is 0.0239. The normalized spacial score (nSPS) is 15.8. The number of carbonyl (C=O) groups excluding carboxylic acids is 2. The van der Waals surface area contributed by atoms with Crippen LogP contribution in [0.2, 0.25) is 5.02 Å². The summed E-state index contributed by atoms with van der Waals surface area (Å²) in [6, 6.07) is 14.7. The van der Waals surface area contributed by atoms with Crippen molar-refractivity contribution in [1.29, 1.82) is 0 Å². The smallest absolute Gasteiger partial charge is 0.273 e. The third kappa shape index (κ3) is 7.25. The van der Waals surface area contributed by atoms with E-state index in [0.29, 0.717) is 61.5 Å². The number of rotatable bonds is 9. The zero-order valence-electron chi connectivity index (χ0n) is 22.4. The van der Waals surface area contributed by atoms with Gasteiger partial charge in [-0.05, 0) is 54.8 Å². The van der Waals surface area contributed by atoms with Crippen LogP contribution in [0.15, 0.2) is 53.3 Å². The third-order valence-corrected chi connectivity index (χ3v) is 7.54. The lowest BCUT2D eigenvalue weighted by molar-refractivity contribution is -0.134. The topological polar surface area (TPSA) is 112 Å². The van der Waals surface area contributed by atoms with Crippen LogP contribution in [0.1, 0.15) is 30.5 Å². The first kappa shape index (κ1) is 27.8. The van der Waals surface area contributed by atoms with E-state index in [1.165, 1.54) is 0 Å². The predicted molar refractivity (Wildman–Crippen MR) is 151 cm³/mol. The maximum atomic E-state index is 12.8. The number of carbonyl (C=O) groups is 2. The van der Waals surface area contributed by atoms with E-state index in [2.05, 4.69) is 20.1 Å². The van der Waals surface area contributed by atoms with Gasteiger partial charge in [0.2, 0.25) is 11.8 Å². The van der Waals surface area contributed by atoms with Crippen LogP contribution in [0, 0.1) is 0 Å². The molecule has 2 amide bonds. The number of nitrogens with one attached hydrogen (secondary N) is 1. The van der Waals surface area contributed by atoms with E-state index < -0.39 is 0 Å². The van der Waals surface area contributed by atoms with Crippen molar-refractivity contribution in [3.05, 3.63) is 75.2 Å². The molecule has 10 nitrogen and oxygen atoms in total. The van der Waals surface area contributed by atoms with Gasteiger partial charge in [0, 0.05) is 62.7 Å². The van der Waals surface area contributed by atoms with Crippen molar-refractivity contribution in [2.75, 3.05) is 45.8 Å². The van der Waals surface area contributed by atoms with Crippen molar-refractivity contribution >= 4 is 23.4 Å². The Bertz CT molecular complexity index is 1380. The average Bonchev–Trinajstić information content (AvgIpc) is 3.52. The molecule has 0 aliphatic carbocycles. The minimum atomic E-state index is -0.357. The number of H-pyrrole nitrogens is 1. The van der Waals surface area contributed by atoms with Crippen LogP contribution in [0.25, 0.3) is 11.4 Å². The fraction of sp³-hybridized carbons (Fsp3) is 0.414. The van der Waals surface area contributed by atoms with Crippen molar-refractivity contribution in [1.82, 2.24) is 29.9 Å². The summed E-state index contributed by atoms with van der Waals surface area (Å²) in [7, 11) is 0. The summed E-state index contributed by atoms with van der Waals surface area (Å²) in [5, 5.41) is 8.94. The van der Waals surface area contributed by atoms with Crippen molar-refractivity contribution in [3.8, 4) is 17.1 Å². The molecule has 2 aliphatic rings. The summed E-state index contributed by atoms with van der Waals surface area (Å²) in [6.45, 7) is 5.00. The number of amides is 2. The Morgan fingerprint density at radius 2 is 1.62 bits per heavy atom. The van der Waals surface area contributed by atoms with Crippen LogP contribution in [0.5, 0.6) is 5.75 Å². The molecule has 1 aromatic heterocycles. The van der Waals surface area contributed by atoms with Gasteiger partial charge in [-0.3, -0.25) is 19.3 Å². The third-order valence-electron chi connectivity index (χ3n) is 7.31. The van der Waals surface area contributed by atoms with Crippen molar-refractivity contribution in [2.24, 2.45) is 0 Å². The van der Waals surface area contributed by atoms with E-state index in [4.69, 9.17) is 16.3 Å². The number of aryl methyl sites for hydroxylation is 1. The van der Waals surface area contributed by atoms with Gasteiger partial charge in [-0.2, -0.15) is 0 Å². The molecule has 11 heteroatoms.